The van der Waals surface area contributed by atoms with Crippen LogP contribution in [0, 0.1) is 0 Å². The van der Waals surface area contributed by atoms with Gasteiger partial charge in [0.15, 0.2) is 0 Å². The molecule has 1 rings (SSSR count). The van der Waals surface area contributed by atoms with Gasteiger partial charge in [-0.05, 0) is 11.4 Å². The zero-order chi connectivity index (χ0) is 9.03. The molecule has 0 aliphatic rings. The van der Waals surface area contributed by atoms with E-state index in [0.29, 0.717) is 5.16 Å². The van der Waals surface area contributed by atoms with Crippen LogP contribution in [0.15, 0.2) is 30.3 Å². The fraction of sp³-hybridized carbons (Fsp3) is 0.364. The minimum Gasteiger partial charge on any atom is -0.0979 e. The standard InChI is InChI=1S/C11H15P/c1-11(2,3)12-9-10-7-5-4-6-8-10/h4-9H,1-3H3. The Balaban J connectivity index is 2.71. The molecule has 0 fully saturated rings. The Morgan fingerprint density at radius 2 is 1.67 bits per heavy atom. The van der Waals surface area contributed by atoms with Gasteiger partial charge in [-0.2, -0.15) is 0 Å². The third kappa shape index (κ3) is 3.69. The summed E-state index contributed by atoms with van der Waals surface area (Å²) in [5.74, 6) is 2.26. The van der Waals surface area contributed by atoms with Gasteiger partial charge < -0.3 is 0 Å². The van der Waals surface area contributed by atoms with E-state index in [1.54, 1.807) is 0 Å². The third-order valence-corrected chi connectivity index (χ3v) is 2.60. The lowest BCUT2D eigenvalue weighted by atomic mass is 10.2. The summed E-state index contributed by atoms with van der Waals surface area (Å²) < 4.78 is 0. The molecule has 0 aliphatic carbocycles. The molecule has 0 atom stereocenters. The van der Waals surface area contributed by atoms with Crippen LogP contribution in [0.4, 0.5) is 0 Å². The smallest absolute Gasteiger partial charge is 0.00375 e. The van der Waals surface area contributed by atoms with Crippen molar-refractivity contribution in [2.24, 2.45) is 0 Å². The summed E-state index contributed by atoms with van der Waals surface area (Å²) in [5, 5.41) is 0.371. The predicted octanol–water partition coefficient (Wildman–Crippen LogP) is 3.58. The van der Waals surface area contributed by atoms with Gasteiger partial charge in [0.05, 0.1) is 0 Å². The largest absolute Gasteiger partial charge is 0.0979 e. The molecule has 0 aromatic heterocycles. The highest BCUT2D eigenvalue weighted by Crippen LogP contribution is 2.21. The SMILES string of the molecule is CC(C)(C)P=Cc1ccccc1. The van der Waals surface area contributed by atoms with Crippen LogP contribution >= 0.6 is 8.20 Å². The fourth-order valence-corrected chi connectivity index (χ4v) is 1.52. The molecule has 12 heavy (non-hydrogen) atoms. The lowest BCUT2D eigenvalue weighted by Gasteiger charge is -2.09. The minimum absolute atomic E-state index is 0.371. The Labute approximate surface area is 76.4 Å². The lowest BCUT2D eigenvalue weighted by Crippen LogP contribution is -2.01. The summed E-state index contributed by atoms with van der Waals surface area (Å²) in [4.78, 5) is 0. The first-order valence-corrected chi connectivity index (χ1v) is 5.14. The topological polar surface area (TPSA) is 0 Å². The Morgan fingerprint density at radius 3 is 2.17 bits per heavy atom. The van der Waals surface area contributed by atoms with Crippen LogP contribution in [0.2, 0.25) is 0 Å². The third-order valence-electron chi connectivity index (χ3n) is 1.40. The van der Waals surface area contributed by atoms with Gasteiger partial charge in [-0.15, -0.1) is 0 Å². The van der Waals surface area contributed by atoms with Crippen LogP contribution < -0.4 is 0 Å². The van der Waals surface area contributed by atoms with Crippen LogP contribution in [-0.4, -0.2) is 11.0 Å². The molecule has 0 saturated heterocycles. The van der Waals surface area contributed by atoms with Gasteiger partial charge in [0, 0.05) is 5.16 Å². The van der Waals surface area contributed by atoms with Gasteiger partial charge in [0.25, 0.3) is 0 Å². The normalized spacial score (nSPS) is 12.2. The van der Waals surface area contributed by atoms with Gasteiger partial charge in [-0.3, -0.25) is 0 Å². The van der Waals surface area contributed by atoms with Crippen molar-refractivity contribution < 1.29 is 0 Å². The number of hydrogen-bond acceptors (Lipinski definition) is 0. The minimum atomic E-state index is 0.371. The Hall–Kier alpha value is -0.610. The number of benzene rings is 1. The van der Waals surface area contributed by atoms with Crippen molar-refractivity contribution in [3.8, 4) is 0 Å². The monoisotopic (exact) mass is 178 g/mol. The average Bonchev–Trinajstić information content (AvgIpc) is 2.02. The van der Waals surface area contributed by atoms with Crippen molar-refractivity contribution in [3.05, 3.63) is 35.9 Å². The van der Waals surface area contributed by atoms with E-state index in [-0.39, 0.29) is 0 Å². The van der Waals surface area contributed by atoms with E-state index in [1.807, 2.05) is 6.07 Å². The highest BCUT2D eigenvalue weighted by atomic mass is 31.1. The van der Waals surface area contributed by atoms with Crippen molar-refractivity contribution in [2.45, 2.75) is 25.9 Å². The molecule has 0 radical (unpaired) electrons. The van der Waals surface area contributed by atoms with Crippen LogP contribution in [0.3, 0.4) is 0 Å². The molecule has 0 bridgehead atoms. The van der Waals surface area contributed by atoms with Crippen LogP contribution in [0.5, 0.6) is 0 Å². The van der Waals surface area contributed by atoms with Crippen molar-refractivity contribution >= 4 is 14.0 Å². The van der Waals surface area contributed by atoms with Crippen LogP contribution in [-0.2, 0) is 0 Å². The average molecular weight is 178 g/mol. The number of rotatable bonds is 1. The van der Waals surface area contributed by atoms with Gasteiger partial charge in [0.1, 0.15) is 0 Å². The first-order chi connectivity index (χ1) is 5.58. The van der Waals surface area contributed by atoms with E-state index in [9.17, 15) is 0 Å². The van der Waals surface area contributed by atoms with E-state index in [1.165, 1.54) is 13.8 Å². The van der Waals surface area contributed by atoms with E-state index in [4.69, 9.17) is 0 Å². The molecule has 1 aromatic carbocycles. The zero-order valence-corrected chi connectivity index (χ0v) is 8.81. The second-order valence-corrected chi connectivity index (χ2v) is 5.70. The van der Waals surface area contributed by atoms with Gasteiger partial charge in [-0.1, -0.05) is 59.3 Å². The summed E-state index contributed by atoms with van der Waals surface area (Å²) in [6, 6.07) is 10.5. The van der Waals surface area contributed by atoms with Crippen LogP contribution in [0.25, 0.3) is 0 Å². The molecule has 0 spiro atoms. The van der Waals surface area contributed by atoms with Crippen molar-refractivity contribution in [1.29, 1.82) is 0 Å². The molecule has 0 heterocycles. The maximum atomic E-state index is 2.26. The Kier molecular flexibility index (Phi) is 3.05. The zero-order valence-electron chi connectivity index (χ0n) is 7.91. The quantitative estimate of drug-likeness (QED) is 0.576. The van der Waals surface area contributed by atoms with Crippen LogP contribution in [0.1, 0.15) is 26.3 Å². The molecule has 0 N–H and O–H groups in total. The van der Waals surface area contributed by atoms with E-state index < -0.39 is 0 Å². The van der Waals surface area contributed by atoms with E-state index in [2.05, 4.69) is 50.8 Å². The second-order valence-electron chi connectivity index (χ2n) is 3.84. The highest BCUT2D eigenvalue weighted by Gasteiger charge is 2.03. The Bertz CT molecular complexity index is 254. The van der Waals surface area contributed by atoms with Gasteiger partial charge in [-0.25, -0.2) is 0 Å². The molecule has 0 amide bonds. The Morgan fingerprint density at radius 1 is 1.08 bits per heavy atom. The molecule has 0 saturated carbocycles. The molecule has 64 valence electrons. The molecule has 0 aliphatic heterocycles. The van der Waals surface area contributed by atoms with Crippen molar-refractivity contribution in [1.82, 2.24) is 0 Å². The summed E-state index contributed by atoms with van der Waals surface area (Å²) in [7, 11) is 1.38. The van der Waals surface area contributed by atoms with Gasteiger partial charge >= 0.3 is 0 Å². The molecule has 1 aromatic rings. The van der Waals surface area contributed by atoms with Crippen molar-refractivity contribution in [3.63, 3.8) is 0 Å². The fourth-order valence-electron chi connectivity index (χ4n) is 0.807. The molecular formula is C11H15P. The first kappa shape index (κ1) is 9.48. The predicted molar refractivity (Wildman–Crippen MR) is 58.3 cm³/mol. The summed E-state index contributed by atoms with van der Waals surface area (Å²) >= 11 is 0. The summed E-state index contributed by atoms with van der Waals surface area (Å²) in [6.45, 7) is 6.73. The first-order valence-electron chi connectivity index (χ1n) is 4.18. The molecule has 1 heteroatoms. The van der Waals surface area contributed by atoms with E-state index in [0.717, 1.165) is 0 Å². The number of hydrogen-bond donors (Lipinski definition) is 0. The van der Waals surface area contributed by atoms with E-state index >= 15 is 0 Å². The molecule has 0 nitrogen and oxygen atoms in total. The highest BCUT2D eigenvalue weighted by molar-refractivity contribution is 7.40. The second kappa shape index (κ2) is 3.87. The lowest BCUT2D eigenvalue weighted by molar-refractivity contribution is 0.802. The maximum absolute atomic E-state index is 2.26. The molecular weight excluding hydrogens is 163 g/mol. The maximum Gasteiger partial charge on any atom is 0.00375 e. The molecule has 0 unspecified atom stereocenters. The van der Waals surface area contributed by atoms with Crippen molar-refractivity contribution in [2.75, 3.05) is 0 Å². The summed E-state index contributed by atoms with van der Waals surface area (Å²) in [6.07, 6.45) is 0. The summed E-state index contributed by atoms with van der Waals surface area (Å²) in [5.41, 5.74) is 1.31. The van der Waals surface area contributed by atoms with Gasteiger partial charge in [0.2, 0.25) is 0 Å².